The highest BCUT2D eigenvalue weighted by Crippen LogP contribution is 2.22. The minimum absolute atomic E-state index is 0.718. The van der Waals surface area contributed by atoms with Crippen LogP contribution in [0.2, 0.25) is 0 Å². The van der Waals surface area contributed by atoms with Crippen LogP contribution >= 0.6 is 0 Å². The second-order valence-corrected chi connectivity index (χ2v) is 5.74. The molecule has 4 rings (SSSR count). The van der Waals surface area contributed by atoms with Crippen LogP contribution in [-0.4, -0.2) is 19.5 Å². The zero-order chi connectivity index (χ0) is 16.4. The van der Waals surface area contributed by atoms with E-state index in [2.05, 4.69) is 51.5 Å². The maximum Gasteiger partial charge on any atom is 0.165 e. The average molecular weight is 315 g/mol. The van der Waals surface area contributed by atoms with Gasteiger partial charge in [-0.1, -0.05) is 48.0 Å². The van der Waals surface area contributed by atoms with Gasteiger partial charge in [-0.05, 0) is 24.6 Å². The third kappa shape index (κ3) is 2.84. The Kier molecular flexibility index (Phi) is 3.67. The number of rotatable bonds is 4. The summed E-state index contributed by atoms with van der Waals surface area (Å²) in [6.45, 7) is 2.80. The number of imidazole rings is 1. The lowest BCUT2D eigenvalue weighted by molar-refractivity contribution is 0.813. The normalized spacial score (nSPS) is 10.9. The maximum absolute atomic E-state index is 4.50. The van der Waals surface area contributed by atoms with Crippen LogP contribution < -0.4 is 5.32 Å². The largest absolute Gasteiger partial charge is 0.338 e. The van der Waals surface area contributed by atoms with Crippen molar-refractivity contribution in [2.75, 3.05) is 5.32 Å². The van der Waals surface area contributed by atoms with E-state index in [1.54, 1.807) is 6.33 Å². The lowest BCUT2D eigenvalue weighted by atomic mass is 10.2. The summed E-state index contributed by atoms with van der Waals surface area (Å²) in [6.07, 6.45) is 3.38. The van der Waals surface area contributed by atoms with E-state index in [-0.39, 0.29) is 0 Å². The molecule has 1 N–H and O–H groups in total. The Morgan fingerprint density at radius 3 is 2.50 bits per heavy atom. The van der Waals surface area contributed by atoms with E-state index in [0.29, 0.717) is 0 Å². The Balaban J connectivity index is 1.67. The highest BCUT2D eigenvalue weighted by atomic mass is 15.1. The van der Waals surface area contributed by atoms with Gasteiger partial charge in [-0.15, -0.1) is 0 Å². The predicted molar refractivity (Wildman–Crippen MR) is 95.3 cm³/mol. The lowest BCUT2D eigenvalue weighted by Crippen LogP contribution is -2.00. The van der Waals surface area contributed by atoms with Gasteiger partial charge < -0.3 is 9.88 Å². The van der Waals surface area contributed by atoms with Crippen LogP contribution in [0.4, 0.5) is 11.5 Å². The minimum Gasteiger partial charge on any atom is -0.338 e. The summed E-state index contributed by atoms with van der Waals surface area (Å²) in [5, 5.41) is 3.32. The standard InChI is InChI=1S/C19H17N5/c1-14-7-9-16(10-8-14)23-18-17-19(21-12-20-18)24(13-22-17)11-15-5-3-2-4-6-15/h2-10,12-13H,11H2,1H3,(H,20,21,23). The Hall–Kier alpha value is -3.21. The predicted octanol–water partition coefficient (Wildman–Crippen LogP) is 3.93. The van der Waals surface area contributed by atoms with Crippen molar-refractivity contribution in [2.45, 2.75) is 13.5 Å². The van der Waals surface area contributed by atoms with Gasteiger partial charge in [-0.3, -0.25) is 0 Å². The summed E-state index contributed by atoms with van der Waals surface area (Å²) >= 11 is 0. The number of benzene rings is 2. The Morgan fingerprint density at radius 2 is 1.71 bits per heavy atom. The summed E-state index contributed by atoms with van der Waals surface area (Å²) in [7, 11) is 0. The highest BCUT2D eigenvalue weighted by Gasteiger charge is 2.10. The maximum atomic E-state index is 4.50. The molecule has 0 aliphatic heterocycles. The van der Waals surface area contributed by atoms with Crippen LogP contribution in [0.3, 0.4) is 0 Å². The summed E-state index contributed by atoms with van der Waals surface area (Å²) < 4.78 is 2.03. The van der Waals surface area contributed by atoms with E-state index >= 15 is 0 Å². The number of fused-ring (bicyclic) bond motifs is 1. The Labute approximate surface area is 140 Å². The van der Waals surface area contributed by atoms with Crippen LogP contribution in [0.25, 0.3) is 11.2 Å². The average Bonchev–Trinajstić information content (AvgIpc) is 3.02. The molecule has 5 nitrogen and oxygen atoms in total. The minimum atomic E-state index is 0.718. The fraction of sp³-hybridized carbons (Fsp3) is 0.105. The number of hydrogen-bond acceptors (Lipinski definition) is 4. The molecule has 2 heterocycles. The molecular weight excluding hydrogens is 298 g/mol. The zero-order valence-corrected chi connectivity index (χ0v) is 13.3. The van der Waals surface area contributed by atoms with Gasteiger partial charge in [0.25, 0.3) is 0 Å². The van der Waals surface area contributed by atoms with Gasteiger partial charge in [-0.2, -0.15) is 0 Å². The lowest BCUT2D eigenvalue weighted by Gasteiger charge is -2.07. The third-order valence-electron chi connectivity index (χ3n) is 3.91. The van der Waals surface area contributed by atoms with E-state index in [1.165, 1.54) is 11.1 Å². The van der Waals surface area contributed by atoms with E-state index in [9.17, 15) is 0 Å². The molecule has 24 heavy (non-hydrogen) atoms. The second-order valence-electron chi connectivity index (χ2n) is 5.74. The van der Waals surface area contributed by atoms with Crippen LogP contribution in [0, 0.1) is 6.92 Å². The van der Waals surface area contributed by atoms with Gasteiger partial charge in [-0.25, -0.2) is 15.0 Å². The summed E-state index contributed by atoms with van der Waals surface area (Å²) in [5.74, 6) is 0.718. The molecule has 118 valence electrons. The zero-order valence-electron chi connectivity index (χ0n) is 13.3. The molecule has 0 spiro atoms. The number of nitrogens with zero attached hydrogens (tertiary/aromatic N) is 4. The monoisotopic (exact) mass is 315 g/mol. The Bertz CT molecular complexity index is 958. The molecule has 0 saturated heterocycles. The van der Waals surface area contributed by atoms with Gasteiger partial charge in [0, 0.05) is 5.69 Å². The second kappa shape index (κ2) is 6.12. The van der Waals surface area contributed by atoms with Gasteiger partial charge in [0.15, 0.2) is 17.0 Å². The van der Waals surface area contributed by atoms with E-state index < -0.39 is 0 Å². The van der Waals surface area contributed by atoms with Crippen molar-refractivity contribution < 1.29 is 0 Å². The van der Waals surface area contributed by atoms with Crippen molar-refractivity contribution in [2.24, 2.45) is 0 Å². The van der Waals surface area contributed by atoms with Crippen molar-refractivity contribution in [1.29, 1.82) is 0 Å². The van der Waals surface area contributed by atoms with Gasteiger partial charge >= 0.3 is 0 Å². The molecule has 2 aromatic heterocycles. The molecule has 0 saturated carbocycles. The number of nitrogens with one attached hydrogen (secondary N) is 1. The molecule has 0 atom stereocenters. The van der Waals surface area contributed by atoms with Crippen molar-refractivity contribution in [3.63, 3.8) is 0 Å². The summed E-state index contributed by atoms with van der Waals surface area (Å²) in [6, 6.07) is 18.5. The number of aromatic nitrogens is 4. The van der Waals surface area contributed by atoms with E-state index in [0.717, 1.165) is 29.2 Å². The topological polar surface area (TPSA) is 55.6 Å². The first-order chi connectivity index (χ1) is 11.8. The molecule has 0 radical (unpaired) electrons. The molecule has 0 fully saturated rings. The van der Waals surface area contributed by atoms with Crippen LogP contribution in [-0.2, 0) is 6.54 Å². The fourth-order valence-electron chi connectivity index (χ4n) is 2.64. The van der Waals surface area contributed by atoms with Crippen LogP contribution in [0.5, 0.6) is 0 Å². The molecule has 5 heteroatoms. The van der Waals surface area contributed by atoms with E-state index in [4.69, 9.17) is 0 Å². The fourth-order valence-corrected chi connectivity index (χ4v) is 2.64. The van der Waals surface area contributed by atoms with Crippen molar-refractivity contribution in [3.05, 3.63) is 78.4 Å². The smallest absolute Gasteiger partial charge is 0.165 e. The molecular formula is C19H17N5. The molecule has 2 aromatic carbocycles. The van der Waals surface area contributed by atoms with Gasteiger partial charge in [0.05, 0.1) is 12.9 Å². The molecule has 0 aliphatic rings. The molecule has 0 unspecified atom stereocenters. The third-order valence-corrected chi connectivity index (χ3v) is 3.91. The first-order valence-corrected chi connectivity index (χ1v) is 7.83. The van der Waals surface area contributed by atoms with Gasteiger partial charge in [0.2, 0.25) is 0 Å². The molecule has 0 amide bonds. The first-order valence-electron chi connectivity index (χ1n) is 7.83. The molecule has 4 aromatic rings. The van der Waals surface area contributed by atoms with Gasteiger partial charge in [0.1, 0.15) is 6.33 Å². The summed E-state index contributed by atoms with van der Waals surface area (Å²) in [5.41, 5.74) is 5.01. The Morgan fingerprint density at radius 1 is 0.917 bits per heavy atom. The van der Waals surface area contributed by atoms with Crippen molar-refractivity contribution in [3.8, 4) is 0 Å². The summed E-state index contributed by atoms with van der Waals surface area (Å²) in [4.78, 5) is 13.3. The van der Waals surface area contributed by atoms with E-state index in [1.807, 2.05) is 41.2 Å². The van der Waals surface area contributed by atoms with Crippen LogP contribution in [0.15, 0.2) is 67.3 Å². The SMILES string of the molecule is Cc1ccc(Nc2ncnc3c2ncn3Cc2ccccc2)cc1. The molecule has 0 bridgehead atoms. The highest BCUT2D eigenvalue weighted by molar-refractivity contribution is 5.85. The first kappa shape index (κ1) is 14.4. The quantitative estimate of drug-likeness (QED) is 0.620. The molecule has 0 aliphatic carbocycles. The van der Waals surface area contributed by atoms with Crippen LogP contribution in [0.1, 0.15) is 11.1 Å². The van der Waals surface area contributed by atoms with Crippen molar-refractivity contribution >= 4 is 22.7 Å². The number of hydrogen-bond donors (Lipinski definition) is 1. The number of aryl methyl sites for hydroxylation is 1. The number of anilines is 2. The van der Waals surface area contributed by atoms with Crippen molar-refractivity contribution in [1.82, 2.24) is 19.5 Å².